The Labute approximate surface area is 224 Å². The molecule has 8 nitrogen and oxygen atoms in total. The second-order valence-electron chi connectivity index (χ2n) is 10.3. The number of aromatic hydroxyl groups is 1. The Hall–Kier alpha value is -3.88. The van der Waals surface area contributed by atoms with Crippen LogP contribution in [0.4, 0.5) is 10.5 Å². The van der Waals surface area contributed by atoms with Gasteiger partial charge in [-0.2, -0.15) is 0 Å². The molecule has 3 amide bonds. The number of aliphatic hydroxyl groups is 1. The second-order valence-corrected chi connectivity index (χ2v) is 10.3. The maximum atomic E-state index is 12.8. The maximum Gasteiger partial charge on any atom is 0.316 e. The van der Waals surface area contributed by atoms with Crippen molar-refractivity contribution in [3.63, 3.8) is 0 Å². The molecule has 0 saturated carbocycles. The van der Waals surface area contributed by atoms with E-state index in [0.29, 0.717) is 24.9 Å². The predicted octanol–water partition coefficient (Wildman–Crippen LogP) is 3.77. The molecule has 0 aromatic heterocycles. The molecule has 0 heterocycles. The molecule has 38 heavy (non-hydrogen) atoms. The molecule has 0 radical (unpaired) electrons. The number of hydrogen-bond donors (Lipinski definition) is 5. The highest BCUT2D eigenvalue weighted by molar-refractivity contribution is 5.89. The van der Waals surface area contributed by atoms with Gasteiger partial charge in [-0.3, -0.25) is 4.79 Å². The summed E-state index contributed by atoms with van der Waals surface area (Å²) in [5.41, 5.74) is 8.74. The van der Waals surface area contributed by atoms with E-state index in [4.69, 9.17) is 5.73 Å². The molecule has 0 aliphatic heterocycles. The van der Waals surface area contributed by atoms with Crippen LogP contribution in [0.3, 0.4) is 0 Å². The van der Waals surface area contributed by atoms with Gasteiger partial charge in [0.2, 0.25) is 5.91 Å². The minimum atomic E-state index is -0.862. The molecule has 202 valence electrons. The molecule has 0 fully saturated rings. The van der Waals surface area contributed by atoms with Crippen LogP contribution in [-0.4, -0.2) is 52.7 Å². The number of β-amino-alcohol motifs (C(OH)–C–C–N with tert-alkyl or cyclic N) is 1. The van der Waals surface area contributed by atoms with Crippen molar-refractivity contribution in [2.24, 2.45) is 5.73 Å². The normalized spacial score (nSPS) is 12.1. The zero-order chi connectivity index (χ0) is 27.7. The molecule has 3 aromatic carbocycles. The molecule has 3 aromatic rings. The first kappa shape index (κ1) is 28.7. The summed E-state index contributed by atoms with van der Waals surface area (Å²) < 4.78 is 0. The number of anilines is 1. The first-order chi connectivity index (χ1) is 18.0. The Morgan fingerprint density at radius 1 is 0.974 bits per heavy atom. The van der Waals surface area contributed by atoms with Gasteiger partial charge >= 0.3 is 6.03 Å². The topological polar surface area (TPSA) is 128 Å². The summed E-state index contributed by atoms with van der Waals surface area (Å²) in [7, 11) is 1.84. The van der Waals surface area contributed by atoms with Crippen molar-refractivity contribution in [2.45, 2.75) is 44.8 Å². The lowest BCUT2D eigenvalue weighted by molar-refractivity contribution is -0.129. The first-order valence-corrected chi connectivity index (χ1v) is 12.7. The molecule has 3 rings (SSSR count). The van der Waals surface area contributed by atoms with Gasteiger partial charge in [-0.1, -0.05) is 60.7 Å². The van der Waals surface area contributed by atoms with E-state index in [0.717, 1.165) is 17.5 Å². The molecule has 0 aliphatic carbocycles. The Kier molecular flexibility index (Phi) is 9.87. The second kappa shape index (κ2) is 13.1. The molecule has 8 heteroatoms. The van der Waals surface area contributed by atoms with Crippen molar-refractivity contribution < 1.29 is 19.8 Å². The standard InChI is InChI=1S/C30H38N4O4/c1-30(2,32-20-27(36)24-12-13-26(35)25(18-24)33-29(31)38)19-23-11-7-10-22(16-23)17-28(37)34(3)15-14-21-8-5-4-6-9-21/h4-13,16,18,27,32,35-36H,14-15,17,19-20H2,1-3H3,(H3,31,33,38)/t27-/m0/s1. The van der Waals surface area contributed by atoms with E-state index in [1.165, 1.54) is 17.7 Å². The number of primary amides is 1. The summed E-state index contributed by atoms with van der Waals surface area (Å²) in [6, 6.07) is 21.9. The summed E-state index contributed by atoms with van der Waals surface area (Å²) in [5.74, 6) is -0.0496. The molecule has 0 unspecified atom stereocenters. The van der Waals surface area contributed by atoms with E-state index in [9.17, 15) is 19.8 Å². The Balaban J connectivity index is 1.53. The summed E-state index contributed by atoms with van der Waals surface area (Å²) in [6.45, 7) is 5.03. The summed E-state index contributed by atoms with van der Waals surface area (Å²) in [5, 5.41) is 26.3. The van der Waals surface area contributed by atoms with Crippen LogP contribution < -0.4 is 16.4 Å². The lowest BCUT2D eigenvalue weighted by atomic mass is 9.93. The van der Waals surface area contributed by atoms with Crippen LogP contribution in [0, 0.1) is 0 Å². The Morgan fingerprint density at radius 3 is 2.37 bits per heavy atom. The molecule has 0 saturated heterocycles. The van der Waals surface area contributed by atoms with Crippen molar-refractivity contribution in [1.29, 1.82) is 0 Å². The van der Waals surface area contributed by atoms with Gasteiger partial charge in [0.1, 0.15) is 5.75 Å². The van der Waals surface area contributed by atoms with Gasteiger partial charge in [-0.15, -0.1) is 0 Å². The van der Waals surface area contributed by atoms with E-state index >= 15 is 0 Å². The molecular weight excluding hydrogens is 480 g/mol. The van der Waals surface area contributed by atoms with E-state index < -0.39 is 12.1 Å². The lowest BCUT2D eigenvalue weighted by Crippen LogP contribution is -2.43. The molecule has 0 aliphatic rings. The third kappa shape index (κ3) is 8.90. The van der Waals surface area contributed by atoms with Crippen molar-refractivity contribution >= 4 is 17.6 Å². The minimum Gasteiger partial charge on any atom is -0.506 e. The minimum absolute atomic E-state index is 0.0812. The number of nitrogens with zero attached hydrogens (tertiary/aromatic N) is 1. The van der Waals surface area contributed by atoms with Gasteiger partial charge in [-0.25, -0.2) is 4.79 Å². The van der Waals surface area contributed by atoms with Gasteiger partial charge in [0, 0.05) is 25.7 Å². The molecule has 0 bridgehead atoms. The zero-order valence-corrected chi connectivity index (χ0v) is 22.3. The smallest absolute Gasteiger partial charge is 0.316 e. The number of nitrogens with two attached hydrogens (primary N) is 1. The van der Waals surface area contributed by atoms with E-state index in [1.807, 2.05) is 57.3 Å². The fourth-order valence-corrected chi connectivity index (χ4v) is 4.28. The van der Waals surface area contributed by atoms with E-state index in [2.05, 4.69) is 28.8 Å². The van der Waals surface area contributed by atoms with Crippen LogP contribution in [0.1, 0.15) is 42.2 Å². The highest BCUT2D eigenvalue weighted by atomic mass is 16.3. The zero-order valence-electron chi connectivity index (χ0n) is 22.3. The van der Waals surface area contributed by atoms with Crippen molar-refractivity contribution in [2.75, 3.05) is 25.5 Å². The van der Waals surface area contributed by atoms with Gasteiger partial charge in [-0.05, 0) is 61.1 Å². The van der Waals surface area contributed by atoms with Crippen molar-refractivity contribution in [1.82, 2.24) is 10.2 Å². The van der Waals surface area contributed by atoms with Crippen LogP contribution in [-0.2, 0) is 24.1 Å². The first-order valence-electron chi connectivity index (χ1n) is 12.7. The number of benzene rings is 3. The fraction of sp³-hybridized carbons (Fsp3) is 0.333. The quantitative estimate of drug-likeness (QED) is 0.233. The third-order valence-corrected chi connectivity index (χ3v) is 6.43. The molecule has 0 spiro atoms. The average Bonchev–Trinajstić information content (AvgIpc) is 2.87. The van der Waals surface area contributed by atoms with Crippen LogP contribution in [0.5, 0.6) is 5.75 Å². The predicted molar refractivity (Wildman–Crippen MR) is 150 cm³/mol. The van der Waals surface area contributed by atoms with Crippen LogP contribution in [0.15, 0.2) is 72.8 Å². The number of phenols is 1. The number of carbonyl (C=O) groups excluding carboxylic acids is 2. The van der Waals surface area contributed by atoms with Gasteiger partial charge < -0.3 is 31.5 Å². The largest absolute Gasteiger partial charge is 0.506 e. The summed E-state index contributed by atoms with van der Waals surface area (Å²) in [6.07, 6.45) is 0.991. The average molecular weight is 519 g/mol. The summed E-state index contributed by atoms with van der Waals surface area (Å²) in [4.78, 5) is 25.7. The number of amides is 3. The van der Waals surface area contributed by atoms with Crippen LogP contribution in [0.2, 0.25) is 0 Å². The number of urea groups is 1. The number of nitrogens with one attached hydrogen (secondary N) is 2. The highest BCUT2D eigenvalue weighted by Crippen LogP contribution is 2.27. The fourth-order valence-electron chi connectivity index (χ4n) is 4.28. The number of aliphatic hydroxyl groups excluding tert-OH is 1. The van der Waals surface area contributed by atoms with Gasteiger partial charge in [0.15, 0.2) is 0 Å². The van der Waals surface area contributed by atoms with Crippen molar-refractivity contribution in [3.05, 3.63) is 95.1 Å². The lowest BCUT2D eigenvalue weighted by Gasteiger charge is -2.28. The third-order valence-electron chi connectivity index (χ3n) is 6.43. The molecular formula is C30H38N4O4. The van der Waals surface area contributed by atoms with Gasteiger partial charge in [0.05, 0.1) is 18.2 Å². The summed E-state index contributed by atoms with van der Waals surface area (Å²) >= 11 is 0. The van der Waals surface area contributed by atoms with Crippen molar-refractivity contribution in [3.8, 4) is 5.75 Å². The monoisotopic (exact) mass is 518 g/mol. The number of hydrogen-bond acceptors (Lipinski definition) is 5. The van der Waals surface area contributed by atoms with Crippen LogP contribution in [0.25, 0.3) is 0 Å². The highest BCUT2D eigenvalue weighted by Gasteiger charge is 2.21. The SMILES string of the molecule is CN(CCc1ccccc1)C(=O)Cc1cccc(CC(C)(C)NC[C@H](O)c2ccc(O)c(NC(N)=O)c2)c1. The van der Waals surface area contributed by atoms with Gasteiger partial charge in [0.25, 0.3) is 0 Å². The van der Waals surface area contributed by atoms with Crippen LogP contribution >= 0.6 is 0 Å². The number of phenolic OH excluding ortho intramolecular Hbond substituents is 1. The Morgan fingerprint density at radius 2 is 1.66 bits per heavy atom. The maximum absolute atomic E-state index is 12.8. The number of likely N-dealkylation sites (N-methyl/N-ethyl adjacent to an activating group) is 1. The van der Waals surface area contributed by atoms with E-state index in [-0.39, 0.29) is 29.4 Å². The van der Waals surface area contributed by atoms with E-state index in [1.54, 1.807) is 11.0 Å². The molecule has 6 N–H and O–H groups in total. The number of rotatable bonds is 12. The number of carbonyl (C=O) groups is 2. The Bertz CT molecular complexity index is 1230. The molecule has 1 atom stereocenters.